The highest BCUT2D eigenvalue weighted by Gasteiger charge is 2.41. The smallest absolute Gasteiger partial charge is 0.487 e. The Hall–Kier alpha value is -5.98. The van der Waals surface area contributed by atoms with Gasteiger partial charge in [0, 0.05) is 90.9 Å². The fourth-order valence-corrected chi connectivity index (χ4v) is 14.8. The molecule has 6 aliphatic rings. The molecule has 26 heteroatoms. The Morgan fingerprint density at radius 2 is 1.73 bits per heavy atom. The van der Waals surface area contributed by atoms with Crippen LogP contribution < -0.4 is 46.3 Å². The number of nitrogens with zero attached hydrogens (tertiary/aromatic N) is 5. The Labute approximate surface area is 441 Å². The monoisotopic (exact) mass is 1110 g/mol. The number of nitrogens with two attached hydrogens (primary N) is 1. The van der Waals surface area contributed by atoms with Crippen LogP contribution in [-0.4, -0.2) is 105 Å². The molecule has 0 radical (unpaired) electrons. The molecule has 3 aromatic carbocycles. The summed E-state index contributed by atoms with van der Waals surface area (Å²) in [5.41, 5.74) is 15.7. The first kappa shape index (κ1) is 53.0. The number of H-pyrrole nitrogens is 1. The molecule has 0 aliphatic carbocycles. The van der Waals surface area contributed by atoms with Crippen LogP contribution in [0.25, 0.3) is 16.6 Å². The summed E-state index contributed by atoms with van der Waals surface area (Å²) in [5.74, 6) is 6.96. The Bertz CT molecular complexity index is 3690. The molecule has 406 valence electrons. The molecule has 2 aromatic heterocycles. The number of ether oxygens (including phenoxy) is 2. The number of phosphoric ester groups is 1. The van der Waals surface area contributed by atoms with Crippen molar-refractivity contribution in [3.05, 3.63) is 108 Å². The summed E-state index contributed by atoms with van der Waals surface area (Å²) in [4.78, 5) is 90.6. The molecule has 11 rings (SSSR count). The second-order valence-electron chi connectivity index (χ2n) is 20.1. The van der Waals surface area contributed by atoms with Crippen molar-refractivity contribution in [3.63, 3.8) is 0 Å². The Morgan fingerprint density at radius 1 is 0.974 bits per heavy atom. The van der Waals surface area contributed by atoms with E-state index >= 15 is 0 Å². The highest BCUT2D eigenvalue weighted by Crippen LogP contribution is 2.65. The number of phosphoric acid groups is 3. The zero-order valence-corrected chi connectivity index (χ0v) is 44.7. The van der Waals surface area contributed by atoms with Crippen LogP contribution in [0.5, 0.6) is 11.5 Å². The molecule has 8 heterocycles. The number of nitrogens with one attached hydrogen (secondary N) is 2. The summed E-state index contributed by atoms with van der Waals surface area (Å²) in [5, 5.41) is 5.23. The maximum atomic E-state index is 14.7. The van der Waals surface area contributed by atoms with Crippen molar-refractivity contribution in [2.45, 2.75) is 89.4 Å². The lowest BCUT2D eigenvalue weighted by Crippen LogP contribution is -2.45. The van der Waals surface area contributed by atoms with Gasteiger partial charge >= 0.3 is 15.6 Å². The van der Waals surface area contributed by atoms with Gasteiger partial charge in [0.2, 0.25) is 17.2 Å². The molecule has 5 atom stereocenters. The number of carbonyl (C=O) groups is 2. The van der Waals surface area contributed by atoms with Crippen LogP contribution in [0, 0.1) is 11.8 Å². The van der Waals surface area contributed by atoms with E-state index in [1.54, 1.807) is 11.9 Å². The number of benzene rings is 3. The van der Waals surface area contributed by atoms with Gasteiger partial charge in [-0.1, -0.05) is 30.0 Å². The van der Waals surface area contributed by atoms with Crippen molar-refractivity contribution in [3.8, 4) is 23.3 Å². The zero-order valence-electron chi connectivity index (χ0n) is 42.0. The van der Waals surface area contributed by atoms with Crippen LogP contribution in [0.3, 0.4) is 0 Å². The van der Waals surface area contributed by atoms with Gasteiger partial charge < -0.3 is 54.5 Å². The minimum atomic E-state index is -5.82. The number of aryl methyl sites for hydroxylation is 2. The van der Waals surface area contributed by atoms with E-state index in [9.17, 15) is 42.8 Å². The lowest BCUT2D eigenvalue weighted by Gasteiger charge is -2.39. The van der Waals surface area contributed by atoms with Crippen molar-refractivity contribution in [1.29, 1.82) is 0 Å². The van der Waals surface area contributed by atoms with E-state index < -0.39 is 48.0 Å². The van der Waals surface area contributed by atoms with Crippen molar-refractivity contribution in [2.24, 2.45) is 0 Å². The van der Waals surface area contributed by atoms with E-state index in [0.717, 1.165) is 111 Å². The number of rotatable bonds is 15. The van der Waals surface area contributed by atoms with Gasteiger partial charge in [-0.25, -0.2) is 18.0 Å². The number of fused-ring (bicyclic) bond motifs is 5. The summed E-state index contributed by atoms with van der Waals surface area (Å²) in [6.07, 6.45) is 8.84. The van der Waals surface area contributed by atoms with Gasteiger partial charge in [-0.15, -0.1) is 0 Å². The predicted octanol–water partition coefficient (Wildman–Crippen LogP) is 3.15. The fraction of sp³-hybridized carbons (Fsp3) is 0.431. The number of hydrogen-bond donors (Lipinski definition) is 6. The lowest BCUT2D eigenvalue weighted by atomic mass is 9.81. The summed E-state index contributed by atoms with van der Waals surface area (Å²) < 4.78 is 64.1. The lowest BCUT2D eigenvalue weighted by molar-refractivity contribution is -0.212. The average Bonchev–Trinajstić information content (AvgIpc) is 4.15. The molecule has 23 nitrogen and oxygen atoms in total. The molecule has 3 unspecified atom stereocenters. The third-order valence-corrected chi connectivity index (χ3v) is 18.7. The van der Waals surface area contributed by atoms with E-state index in [1.807, 2.05) is 18.2 Å². The second-order valence-corrected chi connectivity index (χ2v) is 24.4. The van der Waals surface area contributed by atoms with Gasteiger partial charge in [0.1, 0.15) is 30.8 Å². The molecular formula is C51H57N8O15P3. The maximum Gasteiger partial charge on any atom is 0.487 e. The predicted molar refractivity (Wildman–Crippen MR) is 278 cm³/mol. The van der Waals surface area contributed by atoms with E-state index in [0.29, 0.717) is 18.5 Å². The van der Waals surface area contributed by atoms with Crippen LogP contribution in [0.15, 0.2) is 47.4 Å². The topological polar surface area (TPSA) is 313 Å². The minimum absolute atomic E-state index is 0.0748. The van der Waals surface area contributed by atoms with Crippen molar-refractivity contribution in [2.75, 3.05) is 63.6 Å². The van der Waals surface area contributed by atoms with E-state index in [-0.39, 0.29) is 60.2 Å². The molecule has 7 N–H and O–H groups in total. The average molecular weight is 1110 g/mol. The van der Waals surface area contributed by atoms with E-state index in [4.69, 9.17) is 24.6 Å². The van der Waals surface area contributed by atoms with Crippen LogP contribution in [0.1, 0.15) is 107 Å². The van der Waals surface area contributed by atoms with E-state index in [1.165, 1.54) is 44.1 Å². The first-order chi connectivity index (χ1) is 36.8. The molecule has 2 amide bonds. The molecule has 77 heavy (non-hydrogen) atoms. The van der Waals surface area contributed by atoms with Crippen molar-refractivity contribution >= 4 is 63.5 Å². The van der Waals surface area contributed by atoms with Gasteiger partial charge in [0.05, 0.1) is 35.8 Å². The Balaban J connectivity index is 0.765. The quantitative estimate of drug-likeness (QED) is 0.0489. The van der Waals surface area contributed by atoms with Gasteiger partial charge in [-0.05, 0) is 87.1 Å². The van der Waals surface area contributed by atoms with Crippen molar-refractivity contribution < 1.29 is 65.5 Å². The molecule has 6 aliphatic heterocycles. The molecule has 5 aromatic rings. The van der Waals surface area contributed by atoms with Gasteiger partial charge in [-0.2, -0.15) is 9.29 Å². The molecule has 0 spiro atoms. The molecule has 0 bridgehead atoms. The highest BCUT2D eigenvalue weighted by atomic mass is 31.3. The normalized spacial score (nSPS) is 20.5. The number of nitrogen functional groups attached to an aromatic ring is 1. The Kier molecular flexibility index (Phi) is 14.5. The summed E-state index contributed by atoms with van der Waals surface area (Å²) >= 11 is 0. The molecule has 1 saturated heterocycles. The van der Waals surface area contributed by atoms with Crippen LogP contribution in [0.2, 0.25) is 0 Å². The zero-order chi connectivity index (χ0) is 54.0. The summed E-state index contributed by atoms with van der Waals surface area (Å²) in [7, 11) is -15.3. The highest BCUT2D eigenvalue weighted by molar-refractivity contribution is 7.66. The van der Waals surface area contributed by atoms with Crippen LogP contribution in [-0.2, 0) is 62.1 Å². The molecule has 0 saturated carbocycles. The molecule has 1 fully saturated rings. The fourth-order valence-electron chi connectivity index (χ4n) is 11.8. The van der Waals surface area contributed by atoms with Gasteiger partial charge in [-0.3, -0.25) is 28.5 Å². The first-order valence-electron chi connectivity index (χ1n) is 25.7. The molecular weight excluding hydrogens is 1060 g/mol. The van der Waals surface area contributed by atoms with Crippen LogP contribution in [0.4, 0.5) is 11.6 Å². The number of aromatic nitrogens is 3. The first-order valence-corrected chi connectivity index (χ1v) is 30.2. The number of hydrogen-bond acceptors (Lipinski definition) is 15. The van der Waals surface area contributed by atoms with Gasteiger partial charge in [0.25, 0.3) is 19.3 Å². The third kappa shape index (κ3) is 10.8. The SMILES string of the molecule is CN(CCCC(=O)NCC#Cc1cn([C@H]2CC[C@@H](COP(=O)(O)OP(=O)(O)OP(=O)([O-])O)O2)c2nc(N)[nH]c(=O)c12)C(=O)c1ccccc1C1=c2cc3c4c(c2Oc2c1cc1c5c2CCCN5CCC1)CCC[N+]=4CCC3. The standard InChI is InChI=1S/C51H57N8O15P3/c1-56(21-9-17-40(60)53-20-4-10-32-28-59(48-42(32)49(61)55-51(52)54-48)41-19-18-33(71-41)29-70-76(66,67)74-77(68,69)73-75(63,64)65)50(62)35-14-3-2-13-34(35)43-38-26-30-11-5-22-57-24-7-15-36(44(30)57)46(38)72-47-37-16-8-25-58-23-6-12-31(45(37)58)27-39(43)47/h2-3,13-14,26-28,33,41H,5-9,11-12,15-25,29H2,1H3,(H7-,52,53,54,55,60,61,63,64,65,66,67,68,69)/t33-,41+/m0/s1. The Morgan fingerprint density at radius 3 is 2.53 bits per heavy atom. The number of amides is 2. The largest absolute Gasteiger partial charge is 0.756 e. The second kappa shape index (κ2) is 21.0. The van der Waals surface area contributed by atoms with Crippen LogP contribution >= 0.6 is 23.5 Å². The summed E-state index contributed by atoms with van der Waals surface area (Å²) in [6.45, 7) is 3.72. The number of aromatic amines is 1. The summed E-state index contributed by atoms with van der Waals surface area (Å²) in [6, 6.07) is 12.5. The third-order valence-electron chi connectivity index (χ3n) is 14.9. The maximum absolute atomic E-state index is 14.7. The van der Waals surface area contributed by atoms with Crippen molar-refractivity contribution in [1.82, 2.24) is 29.3 Å². The number of carbonyl (C=O) groups excluding carboxylic acids is 2. The van der Waals surface area contributed by atoms with E-state index in [2.05, 4.69) is 63.4 Å². The van der Waals surface area contributed by atoms with Gasteiger partial charge in [0.15, 0.2) is 5.65 Å². The minimum Gasteiger partial charge on any atom is -0.756 e. The number of anilines is 2.